The summed E-state index contributed by atoms with van der Waals surface area (Å²) in [4.78, 5) is 21.9. The number of hydrogen-bond donors (Lipinski definition) is 0. The second-order valence-corrected chi connectivity index (χ2v) is 11.5. The molecule has 0 unspecified atom stereocenters. The van der Waals surface area contributed by atoms with Gasteiger partial charge in [-0.05, 0) is 74.9 Å². The van der Waals surface area contributed by atoms with Crippen molar-refractivity contribution in [2.75, 3.05) is 44.2 Å². The molecule has 1 amide bonds. The van der Waals surface area contributed by atoms with E-state index < -0.39 is 10.0 Å². The molecule has 9 heteroatoms. The van der Waals surface area contributed by atoms with Crippen LogP contribution in [0.5, 0.6) is 0 Å². The van der Waals surface area contributed by atoms with Crippen molar-refractivity contribution in [1.29, 1.82) is 5.26 Å². The Morgan fingerprint density at radius 3 is 2.09 bits per heavy atom. The van der Waals surface area contributed by atoms with Crippen LogP contribution in [0.3, 0.4) is 0 Å². The van der Waals surface area contributed by atoms with E-state index in [1.54, 1.807) is 12.3 Å². The van der Waals surface area contributed by atoms with E-state index in [1.165, 1.54) is 4.31 Å². The summed E-state index contributed by atoms with van der Waals surface area (Å²) >= 11 is 0. The van der Waals surface area contributed by atoms with Crippen molar-refractivity contribution in [2.45, 2.75) is 45.4 Å². The van der Waals surface area contributed by atoms with Gasteiger partial charge in [0.1, 0.15) is 11.9 Å². The van der Waals surface area contributed by atoms with Crippen molar-refractivity contribution in [3.8, 4) is 6.07 Å². The molecule has 2 saturated heterocycles. The maximum absolute atomic E-state index is 13.5. The minimum absolute atomic E-state index is 0.0586. The average Bonchev–Trinajstić information content (AvgIpc) is 2.87. The zero-order valence-corrected chi connectivity index (χ0v) is 21.7. The summed E-state index contributed by atoms with van der Waals surface area (Å²) in [6.07, 6.45) is 3.04. The predicted molar refractivity (Wildman–Crippen MR) is 135 cm³/mol. The van der Waals surface area contributed by atoms with Crippen molar-refractivity contribution >= 4 is 21.7 Å². The molecule has 2 aliphatic heterocycles. The fraction of sp³-hybridized carbons (Fsp3) is 0.500. The summed E-state index contributed by atoms with van der Waals surface area (Å²) in [6, 6.07) is 7.71. The SMILES string of the molecule is Cc1cc(C)c(C)c(S(=O)(=O)N2CCN(C(=O)C3CCN(c4ccc(C#N)cn4)CC3)CC2)c1C. The van der Waals surface area contributed by atoms with Crippen LogP contribution in [0.1, 0.15) is 40.7 Å². The molecule has 0 spiro atoms. The van der Waals surface area contributed by atoms with Crippen LogP contribution in [0.15, 0.2) is 29.3 Å². The number of hydrogen-bond acceptors (Lipinski definition) is 6. The third-order valence-electron chi connectivity index (χ3n) is 7.49. The monoisotopic (exact) mass is 495 g/mol. The third kappa shape index (κ3) is 4.91. The molecule has 2 aliphatic rings. The molecule has 2 fully saturated rings. The standard InChI is InChI=1S/C26H33N5O3S/c1-18-15-19(2)21(4)25(20(18)3)35(33,34)31-13-11-30(12-14-31)26(32)23-7-9-29(10-8-23)24-6-5-22(16-27)17-28-24/h5-6,15,17,23H,7-14H2,1-4H3. The maximum atomic E-state index is 13.5. The van der Waals surface area contributed by atoms with Gasteiger partial charge in [-0.1, -0.05) is 6.07 Å². The largest absolute Gasteiger partial charge is 0.357 e. The molecule has 8 nitrogen and oxygen atoms in total. The molecule has 0 atom stereocenters. The summed E-state index contributed by atoms with van der Waals surface area (Å²) < 4.78 is 28.6. The number of anilines is 1. The van der Waals surface area contributed by atoms with Gasteiger partial charge in [-0.15, -0.1) is 0 Å². The van der Waals surface area contributed by atoms with Gasteiger partial charge in [0.05, 0.1) is 10.5 Å². The van der Waals surface area contributed by atoms with E-state index in [9.17, 15) is 13.2 Å². The molecule has 1 aromatic carbocycles. The summed E-state index contributed by atoms with van der Waals surface area (Å²) in [5, 5.41) is 8.94. The van der Waals surface area contributed by atoms with Crippen molar-refractivity contribution in [1.82, 2.24) is 14.2 Å². The number of aryl methyl sites for hydroxylation is 2. The normalized spacial score (nSPS) is 17.9. The van der Waals surface area contributed by atoms with Crippen LogP contribution in [-0.2, 0) is 14.8 Å². The Kier molecular flexibility index (Phi) is 7.15. The quantitative estimate of drug-likeness (QED) is 0.647. The van der Waals surface area contributed by atoms with Gasteiger partial charge in [0.2, 0.25) is 15.9 Å². The average molecular weight is 496 g/mol. The minimum Gasteiger partial charge on any atom is -0.357 e. The van der Waals surface area contributed by atoms with Gasteiger partial charge in [-0.25, -0.2) is 13.4 Å². The summed E-state index contributed by atoms with van der Waals surface area (Å²) in [6.45, 7) is 10.5. The number of piperazine rings is 1. The Morgan fingerprint density at radius 2 is 1.57 bits per heavy atom. The number of nitriles is 1. The van der Waals surface area contributed by atoms with Crippen LogP contribution in [-0.4, -0.2) is 67.8 Å². The van der Waals surface area contributed by atoms with Gasteiger partial charge in [0, 0.05) is 51.4 Å². The minimum atomic E-state index is -3.62. The lowest BCUT2D eigenvalue weighted by atomic mass is 9.95. The van der Waals surface area contributed by atoms with Crippen molar-refractivity contribution in [3.05, 3.63) is 52.2 Å². The smallest absolute Gasteiger partial charge is 0.243 e. The Balaban J connectivity index is 1.36. The number of nitrogens with zero attached hydrogens (tertiary/aromatic N) is 5. The molecule has 2 aromatic rings. The molecular weight excluding hydrogens is 462 g/mol. The Hall–Kier alpha value is -2.96. The summed E-state index contributed by atoms with van der Waals surface area (Å²) in [5.74, 6) is 0.885. The van der Waals surface area contributed by atoms with Crippen LogP contribution in [0, 0.1) is 44.9 Å². The highest BCUT2D eigenvalue weighted by atomic mass is 32.2. The van der Waals surface area contributed by atoms with E-state index in [1.807, 2.05) is 44.7 Å². The highest BCUT2D eigenvalue weighted by Crippen LogP contribution is 2.30. The molecule has 186 valence electrons. The molecule has 4 rings (SSSR count). The summed E-state index contributed by atoms with van der Waals surface area (Å²) in [5.41, 5.74) is 4.08. The maximum Gasteiger partial charge on any atom is 0.243 e. The van der Waals surface area contributed by atoms with Crippen LogP contribution < -0.4 is 4.90 Å². The van der Waals surface area contributed by atoms with E-state index in [-0.39, 0.29) is 11.8 Å². The second-order valence-electron chi connectivity index (χ2n) is 9.60. The number of sulfonamides is 1. The Labute approximate surface area is 208 Å². The first-order valence-electron chi connectivity index (χ1n) is 12.1. The first-order chi connectivity index (χ1) is 16.6. The number of benzene rings is 1. The lowest BCUT2D eigenvalue weighted by Gasteiger charge is -2.38. The van der Waals surface area contributed by atoms with Crippen LogP contribution in [0.25, 0.3) is 0 Å². The number of carbonyl (C=O) groups is 1. The molecule has 0 N–H and O–H groups in total. The zero-order chi connectivity index (χ0) is 25.3. The molecule has 1 aromatic heterocycles. The number of carbonyl (C=O) groups excluding carboxylic acids is 1. The Morgan fingerprint density at radius 1 is 0.971 bits per heavy atom. The van der Waals surface area contributed by atoms with Gasteiger partial charge in [-0.2, -0.15) is 9.57 Å². The molecule has 0 saturated carbocycles. The molecule has 35 heavy (non-hydrogen) atoms. The van der Waals surface area contributed by atoms with Gasteiger partial charge >= 0.3 is 0 Å². The van der Waals surface area contributed by atoms with Crippen LogP contribution in [0.2, 0.25) is 0 Å². The predicted octanol–water partition coefficient (Wildman–Crippen LogP) is 2.94. The van der Waals surface area contributed by atoms with Gasteiger partial charge in [-0.3, -0.25) is 4.79 Å². The number of pyridine rings is 1. The number of aromatic nitrogens is 1. The fourth-order valence-electron chi connectivity index (χ4n) is 5.10. The van der Waals surface area contributed by atoms with Crippen molar-refractivity contribution in [2.24, 2.45) is 5.92 Å². The molecular formula is C26H33N5O3S. The number of rotatable bonds is 4. The van der Waals surface area contributed by atoms with Gasteiger partial charge in [0.25, 0.3) is 0 Å². The van der Waals surface area contributed by atoms with Crippen LogP contribution >= 0.6 is 0 Å². The van der Waals surface area contributed by atoms with E-state index >= 15 is 0 Å². The van der Waals surface area contributed by atoms with Crippen molar-refractivity contribution in [3.63, 3.8) is 0 Å². The van der Waals surface area contributed by atoms with E-state index in [0.717, 1.165) is 54.0 Å². The lowest BCUT2D eigenvalue weighted by Crippen LogP contribution is -2.53. The van der Waals surface area contributed by atoms with E-state index in [4.69, 9.17) is 5.26 Å². The first-order valence-corrected chi connectivity index (χ1v) is 13.5. The van der Waals surface area contributed by atoms with E-state index in [0.29, 0.717) is 36.6 Å². The molecule has 0 radical (unpaired) electrons. The lowest BCUT2D eigenvalue weighted by molar-refractivity contribution is -0.137. The topological polar surface area (TPSA) is 97.6 Å². The molecule has 3 heterocycles. The third-order valence-corrected chi connectivity index (χ3v) is 9.66. The molecule has 0 bridgehead atoms. The Bertz CT molecular complexity index is 1230. The summed E-state index contributed by atoms with van der Waals surface area (Å²) in [7, 11) is -3.62. The van der Waals surface area contributed by atoms with Gasteiger partial charge in [0.15, 0.2) is 0 Å². The highest BCUT2D eigenvalue weighted by Gasteiger charge is 2.35. The first kappa shape index (κ1) is 25.1. The zero-order valence-electron chi connectivity index (χ0n) is 20.9. The van der Waals surface area contributed by atoms with Crippen LogP contribution in [0.4, 0.5) is 5.82 Å². The number of piperidine rings is 1. The van der Waals surface area contributed by atoms with Gasteiger partial charge < -0.3 is 9.80 Å². The fourth-order valence-corrected chi connectivity index (χ4v) is 7.10. The number of amides is 1. The second kappa shape index (κ2) is 9.96. The van der Waals surface area contributed by atoms with Crippen molar-refractivity contribution < 1.29 is 13.2 Å². The highest BCUT2D eigenvalue weighted by molar-refractivity contribution is 7.89. The van der Waals surface area contributed by atoms with E-state index in [2.05, 4.69) is 16.0 Å². The molecule has 0 aliphatic carbocycles.